The topological polar surface area (TPSA) is 36.9 Å². The molecule has 0 heterocycles. The monoisotopic (exact) mass is 1820 g/mol. The quantitative estimate of drug-likeness (QED) is 0.0502. The summed E-state index contributed by atoms with van der Waals surface area (Å²) >= 11 is 0. The Kier molecular flexibility index (Phi) is 54.4. The van der Waals surface area contributed by atoms with Gasteiger partial charge in [-0.3, -0.25) is 0 Å². The number of benzene rings is 4. The van der Waals surface area contributed by atoms with E-state index in [0.717, 1.165) is 174 Å². The zero-order chi connectivity index (χ0) is 72.7. The van der Waals surface area contributed by atoms with Crippen molar-refractivity contribution in [2.75, 3.05) is 0 Å². The number of rotatable bonds is 20. The van der Waals surface area contributed by atoms with E-state index in [1.807, 2.05) is 6.08 Å². The Bertz CT molecular complexity index is 3280. The van der Waals surface area contributed by atoms with E-state index >= 15 is 0 Å². The van der Waals surface area contributed by atoms with E-state index in [4.69, 9.17) is 0 Å². The number of allylic oxidation sites excluding steroid dienone is 6. The first-order valence-electron chi connectivity index (χ1n) is 39.6. The molecule has 8 aliphatic carbocycles. The molecule has 4 aromatic carbocycles. The second-order valence-corrected chi connectivity index (χ2v) is 31.8. The third-order valence-electron chi connectivity index (χ3n) is 26.4. The van der Waals surface area contributed by atoms with Crippen molar-refractivity contribution in [1.29, 1.82) is 0 Å². The van der Waals surface area contributed by atoms with Crippen LogP contribution < -0.4 is 18.9 Å². The molecule has 0 aliphatic heterocycles. The molecule has 20 heteroatoms. The van der Waals surface area contributed by atoms with Gasteiger partial charge >= 0.3 is 0 Å². The molecule has 0 saturated heterocycles. The predicted octanol–water partition coefficient (Wildman–Crippen LogP) is 27.9. The van der Waals surface area contributed by atoms with Crippen LogP contribution in [-0.2, 0) is 148 Å². The summed E-state index contributed by atoms with van der Waals surface area (Å²) in [6, 6.07) is 12.7. The number of ether oxygens (including phenoxy) is 4. The van der Waals surface area contributed by atoms with Crippen LogP contribution in [0.4, 0.5) is 35.1 Å². The van der Waals surface area contributed by atoms with E-state index in [1.165, 1.54) is 146 Å². The normalized spacial score (nSPS) is 27.8. The van der Waals surface area contributed by atoms with Crippen molar-refractivity contribution >= 4 is 0 Å². The maximum atomic E-state index is 14.4. The van der Waals surface area contributed by atoms with E-state index in [2.05, 4.69) is 105 Å². The molecule has 0 atom stereocenters. The van der Waals surface area contributed by atoms with Crippen LogP contribution >= 0.6 is 0 Å². The van der Waals surface area contributed by atoms with Gasteiger partial charge in [-0.2, -0.15) is 46.0 Å². The Balaban J connectivity index is 0.000000716. The second-order valence-electron chi connectivity index (χ2n) is 31.8. The van der Waals surface area contributed by atoms with Crippen LogP contribution in [0, 0.1) is 146 Å². The Morgan fingerprint density at radius 2 is 0.527 bits per heavy atom. The molecule has 8 fully saturated rings. The number of hydrogen-bond acceptors (Lipinski definition) is 4. The summed E-state index contributed by atoms with van der Waals surface area (Å²) in [6.45, 7) is 11.9. The van der Waals surface area contributed by atoms with Crippen LogP contribution in [-0.4, -0.2) is 0 Å². The smallest absolute Gasteiger partial charge is 0.198 e. The molecule has 8 radical (unpaired) electrons. The van der Waals surface area contributed by atoms with Crippen molar-refractivity contribution in [2.24, 2.45) is 71.0 Å². The molecular formula is C90H120F8O4V8-4. The second kappa shape index (κ2) is 55.8. The minimum atomic E-state index is -0.910. The molecule has 0 spiro atoms. The third kappa shape index (κ3) is 29.8. The average Bonchev–Trinajstić information content (AvgIpc) is 0.808. The van der Waals surface area contributed by atoms with Crippen LogP contribution in [0.1, 0.15) is 291 Å². The van der Waals surface area contributed by atoms with Crippen LogP contribution in [0.15, 0.2) is 98.1 Å². The molecule has 12 rings (SSSR count). The van der Waals surface area contributed by atoms with Gasteiger partial charge in [-0.15, -0.1) is 13.2 Å². The predicted molar refractivity (Wildman–Crippen MR) is 398 cm³/mol. The van der Waals surface area contributed by atoms with Gasteiger partial charge in [0.15, 0.2) is 46.5 Å². The van der Waals surface area contributed by atoms with Crippen molar-refractivity contribution in [3.8, 4) is 23.0 Å². The first-order chi connectivity index (χ1) is 49.5. The Labute approximate surface area is 753 Å². The van der Waals surface area contributed by atoms with Crippen LogP contribution in [0.25, 0.3) is 0 Å². The van der Waals surface area contributed by atoms with E-state index in [0.29, 0.717) is 28.2 Å². The van der Waals surface area contributed by atoms with Crippen LogP contribution in [0.2, 0.25) is 0 Å². The standard InChI is InChI=1S/C24H33F2O.C23H31F2O.C22H29F2O.C21H27F2O.8V/c1-3-4-5-6-17-7-9-18(10-8-17)19-11-13-20(14-12-19)21-15-16-22(27-2)24(26)23(21)25;1-3-4-5-16-6-8-17(9-7-16)18-10-12-19(13-11-18)20-14-15-21(26-2)23(25)22(20)24;1-3-4-15-5-7-16(8-6-15)17-9-11-18(12-10-17)19-13-14-20(25-2)22(24)21(19)23;1-3-14-4-6-15(7-5-14)16-8-10-17(11-9-16)18-12-13-19(24-2)21(23)20(18)22;;;;;;;;/h3-4,15-20H,2,5-14H2,1H3;3,14-19H,1-2,4-13H2;3-4,13-18H,2,5-12H2,1H3;3,12-17H,1-2,4-11H2;;;;;;;;/q4*-1;;;;;;;;/b4-3+;;4-3+;;;;;;;;;. The molecule has 110 heavy (non-hydrogen) atoms. The Morgan fingerprint density at radius 3 is 0.745 bits per heavy atom. The van der Waals surface area contributed by atoms with Gasteiger partial charge in [0.25, 0.3) is 0 Å². The zero-order valence-corrected chi connectivity index (χ0v) is 76.4. The Morgan fingerprint density at radius 1 is 0.300 bits per heavy atom. The summed E-state index contributed by atoms with van der Waals surface area (Å²) in [6.07, 6.45) is 56.1. The SMILES string of the molecule is C=CC1CCC(C2CCC(c3ccc(O[CH2-])c(F)c3F)CC2)CC1.C=CCCC1CCC(C2CCC(c3ccc(O[CH2-])c(F)c3F)CC2)CC1.[CH2-]Oc1ccc(C2CCC(C3CCC(/C=C/C)CC3)CC2)c(F)c1F.[CH2-]Oc1ccc(C2CCC(C3CCC(CC/C=C/C)CC3)CC2)c(F)c1F.[V].[V].[V].[V].[V].[V].[V].[V]. The summed E-state index contributed by atoms with van der Waals surface area (Å²) in [5, 5.41) is 0. The summed E-state index contributed by atoms with van der Waals surface area (Å²) < 4.78 is 132. The van der Waals surface area contributed by atoms with Crippen molar-refractivity contribution in [2.45, 2.75) is 269 Å². The molecular weight excluding hydrogens is 1700 g/mol. The summed E-state index contributed by atoms with van der Waals surface area (Å²) in [5.74, 6) is 3.01. The average molecular weight is 1830 g/mol. The fourth-order valence-corrected chi connectivity index (χ4v) is 20.2. The maximum Gasteiger partial charge on any atom is 0.198 e. The largest absolute Gasteiger partial charge is 0.663 e. The van der Waals surface area contributed by atoms with Gasteiger partial charge in [0.2, 0.25) is 0 Å². The molecule has 4 nitrogen and oxygen atoms in total. The molecule has 8 aliphatic rings. The fraction of sp³-hybridized carbons (Fsp3) is 0.600. The van der Waals surface area contributed by atoms with Gasteiger partial charge in [0.1, 0.15) is 23.0 Å². The fourth-order valence-electron chi connectivity index (χ4n) is 20.2. The molecule has 0 N–H and O–H groups in total. The number of halogens is 8. The maximum absolute atomic E-state index is 14.4. The van der Waals surface area contributed by atoms with Gasteiger partial charge in [-0.05, 0) is 361 Å². The Hall–Kier alpha value is -0.845. The molecule has 8 saturated carbocycles. The summed E-state index contributed by atoms with van der Waals surface area (Å²) in [4.78, 5) is 0. The van der Waals surface area contributed by atoms with Crippen LogP contribution in [0.5, 0.6) is 23.0 Å². The molecule has 4 aromatic rings. The minimum absolute atomic E-state index is 0. The zero-order valence-electron chi connectivity index (χ0n) is 65.3. The number of hydrogen-bond donors (Lipinski definition) is 0. The van der Waals surface area contributed by atoms with Crippen molar-refractivity contribution < 1.29 is 203 Å². The molecule has 604 valence electrons. The van der Waals surface area contributed by atoms with Gasteiger partial charge in [-0.1, -0.05) is 86.4 Å². The molecule has 0 amide bonds. The molecule has 0 unspecified atom stereocenters. The van der Waals surface area contributed by atoms with Gasteiger partial charge in [0.05, 0.1) is 0 Å². The first-order valence-corrected chi connectivity index (χ1v) is 39.6. The van der Waals surface area contributed by atoms with E-state index in [1.54, 1.807) is 24.3 Å². The van der Waals surface area contributed by atoms with Crippen molar-refractivity contribution in [3.63, 3.8) is 0 Å². The van der Waals surface area contributed by atoms with E-state index in [-0.39, 0.29) is 195 Å². The van der Waals surface area contributed by atoms with Gasteiger partial charge < -0.3 is 18.9 Å². The molecule has 0 aromatic heterocycles. The van der Waals surface area contributed by atoms with Gasteiger partial charge in [-0.25, -0.2) is 17.6 Å². The van der Waals surface area contributed by atoms with Crippen molar-refractivity contribution in [3.05, 3.63) is 195 Å². The third-order valence-corrected chi connectivity index (χ3v) is 26.4. The first kappa shape index (κ1) is 107. The summed E-state index contributed by atoms with van der Waals surface area (Å²) in [5.41, 5.74) is 2.03. The van der Waals surface area contributed by atoms with E-state index in [9.17, 15) is 35.1 Å². The summed E-state index contributed by atoms with van der Waals surface area (Å²) in [7, 11) is 12.7. The van der Waals surface area contributed by atoms with Gasteiger partial charge in [0, 0.05) is 148 Å². The van der Waals surface area contributed by atoms with Crippen molar-refractivity contribution in [1.82, 2.24) is 0 Å². The van der Waals surface area contributed by atoms with E-state index < -0.39 is 46.5 Å². The van der Waals surface area contributed by atoms with Crippen LogP contribution in [0.3, 0.4) is 0 Å². The minimum Gasteiger partial charge on any atom is -0.663 e. The molecule has 0 bridgehead atoms.